The Bertz CT molecular complexity index is 427. The van der Waals surface area contributed by atoms with Gasteiger partial charge in [0.1, 0.15) is 6.61 Å². The Morgan fingerprint density at radius 2 is 1.63 bits per heavy atom. The fourth-order valence-electron chi connectivity index (χ4n) is 1.63. The maximum absolute atomic E-state index is 12.4. The van der Waals surface area contributed by atoms with Crippen LogP contribution in [0.1, 0.15) is 34.6 Å². The zero-order chi connectivity index (χ0) is 14.3. The Morgan fingerprint density at radius 3 is 2.11 bits per heavy atom. The highest BCUT2D eigenvalue weighted by atomic mass is 19.1. The molecule has 0 saturated carbocycles. The van der Waals surface area contributed by atoms with Crippen molar-refractivity contribution in [1.29, 1.82) is 0 Å². The molecule has 0 radical (unpaired) electrons. The van der Waals surface area contributed by atoms with Gasteiger partial charge < -0.3 is 9.64 Å². The molecular weight excluding hydrogens is 249 g/mol. The average Bonchev–Trinajstić information content (AvgIpc) is 2.43. The number of halogens is 1. The summed E-state index contributed by atoms with van der Waals surface area (Å²) in [5.41, 5.74) is 0.240. The zero-order valence-corrected chi connectivity index (χ0v) is 11.2. The van der Waals surface area contributed by atoms with Crippen molar-refractivity contribution >= 4 is 12.0 Å². The number of hydrogen-bond acceptors (Lipinski definition) is 4. The minimum absolute atomic E-state index is 0.0697. The molecule has 0 aliphatic rings. The number of esters is 1. The molecule has 5 heteroatoms. The highest BCUT2D eigenvalue weighted by molar-refractivity contribution is 5.92. The normalized spacial score (nSPS) is 10.5. The first-order chi connectivity index (χ1) is 9.08. The summed E-state index contributed by atoms with van der Waals surface area (Å²) in [6, 6.07) is 3.78. The molecule has 0 fully saturated rings. The molecule has 104 valence electrons. The van der Waals surface area contributed by atoms with E-state index in [4.69, 9.17) is 4.74 Å². The molecule has 0 saturated heterocycles. The summed E-state index contributed by atoms with van der Waals surface area (Å²) < 4.78 is 17.5. The fraction of sp³-hybridized carbons (Fsp3) is 0.429. The summed E-state index contributed by atoms with van der Waals surface area (Å²) in [6.45, 7) is 6.88. The van der Waals surface area contributed by atoms with Crippen molar-refractivity contribution in [2.24, 2.45) is 0 Å². The van der Waals surface area contributed by atoms with Gasteiger partial charge in [0, 0.05) is 6.54 Å². The molecular formula is C14H18FNO3. The second-order valence-electron chi connectivity index (χ2n) is 4.01. The Kier molecular flexibility index (Phi) is 6.15. The van der Waals surface area contributed by atoms with E-state index in [-0.39, 0.29) is 5.56 Å². The molecule has 0 aliphatic heterocycles. The van der Waals surface area contributed by atoms with Crippen LogP contribution in [0.3, 0.4) is 0 Å². The van der Waals surface area contributed by atoms with Gasteiger partial charge in [-0.3, -0.25) is 4.79 Å². The molecule has 0 unspecified atom stereocenters. The van der Waals surface area contributed by atoms with Gasteiger partial charge in [-0.05, 0) is 37.4 Å². The molecule has 0 aromatic heterocycles. The Balaban J connectivity index is 2.47. The van der Waals surface area contributed by atoms with E-state index in [0.29, 0.717) is 18.7 Å². The minimum Gasteiger partial charge on any atom is -0.461 e. The third kappa shape index (κ3) is 4.79. The van der Waals surface area contributed by atoms with Gasteiger partial charge in [0.15, 0.2) is 0 Å². The van der Waals surface area contributed by atoms with Crippen molar-refractivity contribution in [1.82, 2.24) is 4.90 Å². The van der Waals surface area contributed by atoms with Crippen molar-refractivity contribution in [2.75, 3.05) is 26.2 Å². The predicted octanol–water partition coefficient (Wildman–Crippen LogP) is 2.29. The van der Waals surface area contributed by atoms with Crippen LogP contribution < -0.4 is 0 Å². The van der Waals surface area contributed by atoms with Crippen LogP contribution >= 0.6 is 0 Å². The van der Waals surface area contributed by atoms with Gasteiger partial charge in [0.2, 0.25) is 0 Å². The van der Waals surface area contributed by atoms with E-state index in [1.165, 1.54) is 24.3 Å². The number of nitrogens with zero attached hydrogens (tertiary/aromatic N) is 1. The van der Waals surface area contributed by atoms with E-state index in [1.54, 1.807) is 0 Å². The number of likely N-dealkylation sites (N-methyl/N-ethyl adjacent to an activating group) is 1. The molecule has 1 rings (SSSR count). The van der Waals surface area contributed by atoms with Gasteiger partial charge >= 0.3 is 12.0 Å². The summed E-state index contributed by atoms with van der Waals surface area (Å²) in [6.07, 6.45) is 0. The van der Waals surface area contributed by atoms with E-state index in [2.05, 4.69) is 4.90 Å². The smallest absolute Gasteiger partial charge is 0.338 e. The second-order valence-corrected chi connectivity index (χ2v) is 4.01. The molecule has 1 aromatic rings. The number of benzene rings is 1. The monoisotopic (exact) mass is 267 g/mol. The van der Waals surface area contributed by atoms with Gasteiger partial charge in [-0.2, -0.15) is 4.39 Å². The van der Waals surface area contributed by atoms with Crippen molar-refractivity contribution in [3.63, 3.8) is 0 Å². The number of rotatable bonds is 7. The van der Waals surface area contributed by atoms with Gasteiger partial charge in [-0.1, -0.05) is 13.8 Å². The van der Waals surface area contributed by atoms with Crippen LogP contribution in [0.4, 0.5) is 4.39 Å². The molecule has 0 amide bonds. The van der Waals surface area contributed by atoms with Crippen molar-refractivity contribution in [3.8, 4) is 0 Å². The summed E-state index contributed by atoms with van der Waals surface area (Å²) in [4.78, 5) is 24.3. The summed E-state index contributed by atoms with van der Waals surface area (Å²) in [7, 11) is 0. The lowest BCUT2D eigenvalue weighted by atomic mass is 10.1. The first kappa shape index (κ1) is 15.3. The second kappa shape index (κ2) is 7.63. The van der Waals surface area contributed by atoms with Crippen LogP contribution in [0.25, 0.3) is 0 Å². The Hall–Kier alpha value is -1.75. The van der Waals surface area contributed by atoms with Gasteiger partial charge in [0.05, 0.1) is 11.1 Å². The minimum atomic E-state index is -1.51. The maximum atomic E-state index is 12.4. The van der Waals surface area contributed by atoms with Crippen LogP contribution in [-0.4, -0.2) is 43.1 Å². The first-order valence-corrected chi connectivity index (χ1v) is 6.27. The lowest BCUT2D eigenvalue weighted by Gasteiger charge is -2.17. The lowest BCUT2D eigenvalue weighted by Crippen LogP contribution is -2.27. The van der Waals surface area contributed by atoms with E-state index in [0.717, 1.165) is 13.1 Å². The fourth-order valence-corrected chi connectivity index (χ4v) is 1.63. The standard InChI is InChI=1S/C14H18FNO3/c1-3-16(4-2)9-10-19-14(18)12-7-5-11(6-8-12)13(15)17/h5-8H,3-4,9-10H2,1-2H3. The molecule has 1 aromatic carbocycles. The molecule has 19 heavy (non-hydrogen) atoms. The largest absolute Gasteiger partial charge is 0.461 e. The summed E-state index contributed by atoms with van der Waals surface area (Å²) in [5.74, 6) is -0.468. The van der Waals surface area contributed by atoms with E-state index < -0.39 is 12.0 Å². The quantitative estimate of drug-likeness (QED) is 0.562. The molecule has 0 N–H and O–H groups in total. The van der Waals surface area contributed by atoms with E-state index >= 15 is 0 Å². The Morgan fingerprint density at radius 1 is 1.11 bits per heavy atom. The first-order valence-electron chi connectivity index (χ1n) is 6.27. The molecule has 0 bridgehead atoms. The molecule has 4 nitrogen and oxygen atoms in total. The highest BCUT2D eigenvalue weighted by Crippen LogP contribution is 2.07. The number of carbonyl (C=O) groups is 2. The van der Waals surface area contributed by atoms with E-state index in [1.807, 2.05) is 13.8 Å². The van der Waals surface area contributed by atoms with Crippen LogP contribution in [0.15, 0.2) is 24.3 Å². The van der Waals surface area contributed by atoms with Crippen LogP contribution in [-0.2, 0) is 4.74 Å². The number of carbonyl (C=O) groups excluding carboxylic acids is 2. The number of ether oxygens (including phenoxy) is 1. The molecule has 0 heterocycles. The average molecular weight is 267 g/mol. The highest BCUT2D eigenvalue weighted by Gasteiger charge is 2.09. The third-order valence-corrected chi connectivity index (χ3v) is 2.88. The summed E-state index contributed by atoms with van der Waals surface area (Å²) in [5, 5.41) is 0. The predicted molar refractivity (Wildman–Crippen MR) is 70.0 cm³/mol. The molecule has 0 aliphatic carbocycles. The molecule has 0 spiro atoms. The number of hydrogen-bond donors (Lipinski definition) is 0. The van der Waals surface area contributed by atoms with Crippen LogP contribution in [0, 0.1) is 0 Å². The van der Waals surface area contributed by atoms with Crippen molar-refractivity contribution in [3.05, 3.63) is 35.4 Å². The lowest BCUT2D eigenvalue weighted by molar-refractivity contribution is 0.0466. The maximum Gasteiger partial charge on any atom is 0.338 e. The van der Waals surface area contributed by atoms with Gasteiger partial charge in [0.25, 0.3) is 0 Å². The summed E-state index contributed by atoms with van der Waals surface area (Å²) >= 11 is 0. The van der Waals surface area contributed by atoms with Crippen LogP contribution in [0.2, 0.25) is 0 Å². The third-order valence-electron chi connectivity index (χ3n) is 2.88. The van der Waals surface area contributed by atoms with E-state index in [9.17, 15) is 14.0 Å². The topological polar surface area (TPSA) is 46.6 Å². The SMILES string of the molecule is CCN(CC)CCOC(=O)c1ccc(C(=O)F)cc1. The van der Waals surface area contributed by atoms with Crippen molar-refractivity contribution < 1.29 is 18.7 Å². The molecule has 0 atom stereocenters. The van der Waals surface area contributed by atoms with Crippen LogP contribution in [0.5, 0.6) is 0 Å². The zero-order valence-electron chi connectivity index (χ0n) is 11.2. The van der Waals surface area contributed by atoms with Crippen molar-refractivity contribution in [2.45, 2.75) is 13.8 Å². The Labute approximate surface area is 112 Å². The van der Waals surface area contributed by atoms with Gasteiger partial charge in [-0.25, -0.2) is 4.79 Å². The van der Waals surface area contributed by atoms with Gasteiger partial charge in [-0.15, -0.1) is 0 Å².